The maximum atomic E-state index is 11.8. The minimum Gasteiger partial charge on any atom is -0.493 e. The van der Waals surface area contributed by atoms with Gasteiger partial charge in [0, 0.05) is 16.8 Å². The highest BCUT2D eigenvalue weighted by atomic mass is 79.9. The van der Waals surface area contributed by atoms with Gasteiger partial charge < -0.3 is 23.9 Å². The Hall–Kier alpha value is -2.15. The number of aryl methyl sites for hydroxylation is 1. The highest BCUT2D eigenvalue weighted by molar-refractivity contribution is 9.10. The van der Waals surface area contributed by atoms with Crippen LogP contribution in [0.2, 0.25) is 0 Å². The van der Waals surface area contributed by atoms with E-state index < -0.39 is 5.97 Å². The van der Waals surface area contributed by atoms with Gasteiger partial charge in [0.05, 0.1) is 32.9 Å². The molecule has 0 aliphatic carbocycles. The van der Waals surface area contributed by atoms with Gasteiger partial charge in [0.1, 0.15) is 5.69 Å². The lowest BCUT2D eigenvalue weighted by molar-refractivity contribution is 0.0593. The summed E-state index contributed by atoms with van der Waals surface area (Å²) in [6, 6.07) is 3.63. The van der Waals surface area contributed by atoms with Crippen LogP contribution in [0.5, 0.6) is 17.2 Å². The van der Waals surface area contributed by atoms with Crippen molar-refractivity contribution in [2.75, 3.05) is 28.4 Å². The Bertz CT molecular complexity index is 739. The molecule has 1 aromatic carbocycles. The SMILES string of the molecule is COC(=O)c1[nH]c(C)c(-c2ccc(OC)c(OC)c2OC)c1Br. The van der Waals surface area contributed by atoms with Crippen molar-refractivity contribution in [2.45, 2.75) is 6.92 Å². The zero-order valence-electron chi connectivity index (χ0n) is 13.6. The lowest BCUT2D eigenvalue weighted by atomic mass is 10.0. The first kappa shape index (κ1) is 17.2. The number of H-pyrrole nitrogens is 1. The van der Waals surface area contributed by atoms with E-state index in [0.717, 1.165) is 16.8 Å². The van der Waals surface area contributed by atoms with Crippen molar-refractivity contribution in [3.8, 4) is 28.4 Å². The topological polar surface area (TPSA) is 69.8 Å². The smallest absolute Gasteiger partial charge is 0.355 e. The molecule has 0 atom stereocenters. The van der Waals surface area contributed by atoms with Crippen LogP contribution in [0.1, 0.15) is 16.2 Å². The van der Waals surface area contributed by atoms with E-state index in [9.17, 15) is 4.79 Å². The third-order valence-electron chi connectivity index (χ3n) is 3.49. The molecule has 124 valence electrons. The molecule has 0 amide bonds. The van der Waals surface area contributed by atoms with Crippen LogP contribution in [0.4, 0.5) is 0 Å². The summed E-state index contributed by atoms with van der Waals surface area (Å²) in [4.78, 5) is 14.9. The number of carbonyl (C=O) groups excluding carboxylic acids is 1. The van der Waals surface area contributed by atoms with Crippen molar-refractivity contribution in [3.05, 3.63) is 28.0 Å². The number of hydrogen-bond acceptors (Lipinski definition) is 5. The van der Waals surface area contributed by atoms with Crippen LogP contribution in [0, 0.1) is 6.92 Å². The van der Waals surface area contributed by atoms with Gasteiger partial charge >= 0.3 is 5.97 Å². The van der Waals surface area contributed by atoms with E-state index >= 15 is 0 Å². The van der Waals surface area contributed by atoms with Crippen molar-refractivity contribution in [1.82, 2.24) is 4.98 Å². The van der Waals surface area contributed by atoms with Gasteiger partial charge in [-0.1, -0.05) is 0 Å². The summed E-state index contributed by atoms with van der Waals surface area (Å²) < 4.78 is 21.6. The molecular formula is C16H18BrNO5. The normalized spacial score (nSPS) is 10.3. The maximum absolute atomic E-state index is 11.8. The summed E-state index contributed by atoms with van der Waals surface area (Å²) in [5.41, 5.74) is 2.70. The molecule has 1 aromatic heterocycles. The molecule has 7 heteroatoms. The lowest BCUT2D eigenvalue weighted by Crippen LogP contribution is -2.02. The van der Waals surface area contributed by atoms with Gasteiger partial charge in [-0.3, -0.25) is 0 Å². The van der Waals surface area contributed by atoms with Crippen molar-refractivity contribution in [2.24, 2.45) is 0 Å². The second-order valence-electron chi connectivity index (χ2n) is 4.69. The first-order chi connectivity index (χ1) is 11.0. The first-order valence-corrected chi connectivity index (χ1v) is 7.55. The van der Waals surface area contributed by atoms with Gasteiger partial charge in [-0.25, -0.2) is 4.79 Å². The quantitative estimate of drug-likeness (QED) is 0.799. The van der Waals surface area contributed by atoms with Crippen LogP contribution in [0.3, 0.4) is 0 Å². The molecule has 1 N–H and O–H groups in total. The molecule has 2 rings (SSSR count). The molecule has 0 aliphatic heterocycles. The summed E-state index contributed by atoms with van der Waals surface area (Å²) >= 11 is 3.47. The van der Waals surface area contributed by atoms with E-state index in [1.807, 2.05) is 13.0 Å². The largest absolute Gasteiger partial charge is 0.493 e. The molecule has 0 bridgehead atoms. The molecule has 0 spiro atoms. The molecular weight excluding hydrogens is 366 g/mol. The molecule has 0 aliphatic rings. The number of aromatic nitrogens is 1. The monoisotopic (exact) mass is 383 g/mol. The van der Waals surface area contributed by atoms with Crippen LogP contribution in [0.25, 0.3) is 11.1 Å². The minimum atomic E-state index is -0.453. The van der Waals surface area contributed by atoms with Gasteiger partial charge in [-0.15, -0.1) is 0 Å². The molecule has 0 saturated heterocycles. The highest BCUT2D eigenvalue weighted by Gasteiger charge is 2.25. The van der Waals surface area contributed by atoms with Crippen molar-refractivity contribution < 1.29 is 23.7 Å². The van der Waals surface area contributed by atoms with E-state index in [0.29, 0.717) is 27.4 Å². The number of nitrogens with one attached hydrogen (secondary N) is 1. The molecule has 0 radical (unpaired) electrons. The molecule has 0 saturated carbocycles. The van der Waals surface area contributed by atoms with Crippen molar-refractivity contribution in [3.63, 3.8) is 0 Å². The second kappa shape index (κ2) is 6.95. The molecule has 2 aromatic rings. The number of aromatic amines is 1. The predicted octanol–water partition coefficient (Wildman–Crippen LogP) is 3.57. The molecule has 0 unspecified atom stereocenters. The lowest BCUT2D eigenvalue weighted by Gasteiger charge is -2.16. The Balaban J connectivity index is 2.73. The Labute approximate surface area is 142 Å². The standard InChI is InChI=1S/C16H18BrNO5/c1-8-11(12(17)13(18-8)16(19)23-5)9-6-7-10(20-2)15(22-4)14(9)21-3/h6-7,18H,1-5H3. The Morgan fingerprint density at radius 2 is 1.70 bits per heavy atom. The van der Waals surface area contributed by atoms with Crippen LogP contribution >= 0.6 is 15.9 Å². The van der Waals surface area contributed by atoms with E-state index in [1.165, 1.54) is 7.11 Å². The number of carbonyl (C=O) groups is 1. The van der Waals surface area contributed by atoms with Crippen molar-refractivity contribution >= 4 is 21.9 Å². The average Bonchev–Trinajstić information content (AvgIpc) is 2.86. The van der Waals surface area contributed by atoms with Crippen LogP contribution in [0.15, 0.2) is 16.6 Å². The van der Waals surface area contributed by atoms with E-state index in [-0.39, 0.29) is 0 Å². The third-order valence-corrected chi connectivity index (χ3v) is 4.28. The number of hydrogen-bond donors (Lipinski definition) is 1. The van der Waals surface area contributed by atoms with Gasteiger partial charge in [0.15, 0.2) is 11.5 Å². The minimum absolute atomic E-state index is 0.344. The number of ether oxygens (including phenoxy) is 4. The van der Waals surface area contributed by atoms with Gasteiger partial charge in [0.25, 0.3) is 0 Å². The molecule has 6 nitrogen and oxygen atoms in total. The summed E-state index contributed by atoms with van der Waals surface area (Å²) in [5.74, 6) is 1.11. The maximum Gasteiger partial charge on any atom is 0.355 e. The number of methoxy groups -OCH3 is 4. The fraction of sp³-hybridized carbons (Fsp3) is 0.312. The second-order valence-corrected chi connectivity index (χ2v) is 5.48. The predicted molar refractivity (Wildman–Crippen MR) is 89.7 cm³/mol. The average molecular weight is 384 g/mol. The molecule has 0 fully saturated rings. The van der Waals surface area contributed by atoms with E-state index in [1.54, 1.807) is 27.4 Å². The molecule has 1 heterocycles. The fourth-order valence-electron chi connectivity index (χ4n) is 2.46. The Kier molecular flexibility index (Phi) is 5.20. The third kappa shape index (κ3) is 2.88. The zero-order valence-corrected chi connectivity index (χ0v) is 15.2. The molecule has 23 heavy (non-hydrogen) atoms. The summed E-state index contributed by atoms with van der Waals surface area (Å²) in [7, 11) is 5.99. The zero-order chi connectivity index (χ0) is 17.1. The number of esters is 1. The van der Waals surface area contributed by atoms with E-state index in [4.69, 9.17) is 18.9 Å². The summed E-state index contributed by atoms with van der Waals surface area (Å²) in [6.07, 6.45) is 0. The van der Waals surface area contributed by atoms with Crippen LogP contribution < -0.4 is 14.2 Å². The van der Waals surface area contributed by atoms with Gasteiger partial charge in [-0.05, 0) is 35.0 Å². The number of rotatable bonds is 5. The summed E-state index contributed by atoms with van der Waals surface area (Å²) in [6.45, 7) is 1.86. The first-order valence-electron chi connectivity index (χ1n) is 6.75. The fourth-order valence-corrected chi connectivity index (χ4v) is 3.23. The number of halogens is 1. The Morgan fingerprint density at radius 1 is 1.04 bits per heavy atom. The van der Waals surface area contributed by atoms with Crippen molar-refractivity contribution in [1.29, 1.82) is 0 Å². The highest BCUT2D eigenvalue weighted by Crippen LogP contribution is 2.47. The van der Waals surface area contributed by atoms with Gasteiger partial charge in [-0.2, -0.15) is 0 Å². The van der Waals surface area contributed by atoms with Crippen LogP contribution in [-0.2, 0) is 4.74 Å². The summed E-state index contributed by atoms with van der Waals surface area (Å²) in [5, 5.41) is 0. The number of benzene rings is 1. The van der Waals surface area contributed by atoms with E-state index in [2.05, 4.69) is 20.9 Å². The van der Waals surface area contributed by atoms with Gasteiger partial charge in [0.2, 0.25) is 5.75 Å². The van der Waals surface area contributed by atoms with Crippen LogP contribution in [-0.4, -0.2) is 39.4 Å². The Morgan fingerprint density at radius 3 is 2.22 bits per heavy atom.